The SMILES string of the molecule is CCOc1ccc(S(=O)(=O)N2CCN(C(=O)/C=C/c3cccc4cccnc34)CC2)cc1. The molecule has 0 radical (unpaired) electrons. The molecule has 1 fully saturated rings. The molecule has 0 atom stereocenters. The third-order valence-corrected chi connectivity index (χ3v) is 7.31. The molecule has 3 aromatic rings. The van der Waals surface area contributed by atoms with Crippen molar-refractivity contribution in [1.82, 2.24) is 14.2 Å². The van der Waals surface area contributed by atoms with Crippen LogP contribution in [0.25, 0.3) is 17.0 Å². The number of hydrogen-bond acceptors (Lipinski definition) is 5. The summed E-state index contributed by atoms with van der Waals surface area (Å²) in [6, 6.07) is 16.1. The minimum absolute atomic E-state index is 0.143. The number of nitrogens with zero attached hydrogens (tertiary/aromatic N) is 3. The highest BCUT2D eigenvalue weighted by Gasteiger charge is 2.29. The second-order valence-electron chi connectivity index (χ2n) is 7.39. The molecule has 2 heterocycles. The van der Waals surface area contributed by atoms with Crippen LogP contribution in [0.4, 0.5) is 0 Å². The van der Waals surface area contributed by atoms with E-state index in [1.54, 1.807) is 41.4 Å². The molecule has 0 unspecified atom stereocenters. The predicted molar refractivity (Wildman–Crippen MR) is 124 cm³/mol. The first kappa shape index (κ1) is 22.0. The Morgan fingerprint density at radius 1 is 1.03 bits per heavy atom. The van der Waals surface area contributed by atoms with Gasteiger partial charge in [0.2, 0.25) is 15.9 Å². The molecule has 1 saturated heterocycles. The number of hydrogen-bond donors (Lipinski definition) is 0. The summed E-state index contributed by atoms with van der Waals surface area (Å²) >= 11 is 0. The van der Waals surface area contributed by atoms with Gasteiger partial charge in [-0.1, -0.05) is 24.3 Å². The number of carbonyl (C=O) groups is 1. The minimum Gasteiger partial charge on any atom is -0.494 e. The Balaban J connectivity index is 1.39. The van der Waals surface area contributed by atoms with E-state index in [-0.39, 0.29) is 23.9 Å². The lowest BCUT2D eigenvalue weighted by molar-refractivity contribution is -0.127. The first-order chi connectivity index (χ1) is 15.5. The maximum absolute atomic E-state index is 12.9. The molecule has 4 rings (SSSR count). The zero-order chi connectivity index (χ0) is 22.6. The molecule has 1 amide bonds. The highest BCUT2D eigenvalue weighted by atomic mass is 32.2. The highest BCUT2D eigenvalue weighted by Crippen LogP contribution is 2.21. The van der Waals surface area contributed by atoms with Crippen LogP contribution in [0, 0.1) is 0 Å². The maximum atomic E-state index is 12.9. The van der Waals surface area contributed by atoms with Gasteiger partial charge in [0.25, 0.3) is 0 Å². The second-order valence-corrected chi connectivity index (χ2v) is 9.33. The van der Waals surface area contributed by atoms with Crippen molar-refractivity contribution in [3.8, 4) is 5.75 Å². The third-order valence-electron chi connectivity index (χ3n) is 5.39. The smallest absolute Gasteiger partial charge is 0.246 e. The number of pyridine rings is 1. The fraction of sp³-hybridized carbons (Fsp3) is 0.250. The predicted octanol–water partition coefficient (Wildman–Crippen LogP) is 3.18. The van der Waals surface area contributed by atoms with Crippen molar-refractivity contribution in [3.63, 3.8) is 0 Å². The van der Waals surface area contributed by atoms with Gasteiger partial charge in [-0.15, -0.1) is 0 Å². The van der Waals surface area contributed by atoms with Crippen molar-refractivity contribution in [1.29, 1.82) is 0 Å². The monoisotopic (exact) mass is 451 g/mol. The molecule has 0 bridgehead atoms. The summed E-state index contributed by atoms with van der Waals surface area (Å²) in [5.74, 6) is 0.492. The number of benzene rings is 2. The number of aromatic nitrogens is 1. The standard InChI is InChI=1S/C24H25N3O4S/c1-2-31-21-9-11-22(12-10-21)32(29,30)27-17-15-26(16-18-27)23(28)13-8-20-6-3-5-19-7-4-14-25-24(19)20/h3-14H,2,15-18H2,1H3/b13-8+. The van der Waals surface area contributed by atoms with E-state index in [1.807, 2.05) is 37.3 Å². The van der Waals surface area contributed by atoms with Crippen molar-refractivity contribution < 1.29 is 17.9 Å². The van der Waals surface area contributed by atoms with Crippen LogP contribution < -0.4 is 4.74 Å². The first-order valence-electron chi connectivity index (χ1n) is 10.5. The van der Waals surface area contributed by atoms with Gasteiger partial charge >= 0.3 is 0 Å². The van der Waals surface area contributed by atoms with Crippen molar-refractivity contribution >= 4 is 32.9 Å². The van der Waals surface area contributed by atoms with E-state index < -0.39 is 10.0 Å². The number of amides is 1. The summed E-state index contributed by atoms with van der Waals surface area (Å²) in [7, 11) is -3.61. The number of ether oxygens (including phenoxy) is 1. The van der Waals surface area contributed by atoms with Crippen LogP contribution in [0.15, 0.2) is 71.8 Å². The van der Waals surface area contributed by atoms with Crippen molar-refractivity contribution in [2.75, 3.05) is 32.8 Å². The van der Waals surface area contributed by atoms with Gasteiger partial charge in [-0.25, -0.2) is 8.42 Å². The topological polar surface area (TPSA) is 79.8 Å². The van der Waals surface area contributed by atoms with Crippen molar-refractivity contribution in [2.45, 2.75) is 11.8 Å². The van der Waals surface area contributed by atoms with Gasteiger partial charge in [0, 0.05) is 49.4 Å². The number of rotatable bonds is 6. The van der Waals surface area contributed by atoms with Crippen LogP contribution in [-0.2, 0) is 14.8 Å². The summed E-state index contributed by atoms with van der Waals surface area (Å²) in [5, 5.41) is 1.01. The van der Waals surface area contributed by atoms with Gasteiger partial charge in [0.05, 0.1) is 17.0 Å². The molecule has 0 spiro atoms. The maximum Gasteiger partial charge on any atom is 0.246 e. The molecular weight excluding hydrogens is 426 g/mol. The Labute approximate surface area is 188 Å². The van der Waals surface area contributed by atoms with Crippen molar-refractivity contribution in [2.24, 2.45) is 0 Å². The Morgan fingerprint density at radius 3 is 2.47 bits per heavy atom. The molecule has 0 N–H and O–H groups in total. The van der Waals surface area contributed by atoms with E-state index in [0.717, 1.165) is 16.5 Å². The largest absolute Gasteiger partial charge is 0.494 e. The van der Waals surface area contributed by atoms with Crippen LogP contribution >= 0.6 is 0 Å². The van der Waals surface area contributed by atoms with Crippen LogP contribution in [0.5, 0.6) is 5.75 Å². The summed E-state index contributed by atoms with van der Waals surface area (Å²) in [4.78, 5) is 19.0. The molecule has 32 heavy (non-hydrogen) atoms. The zero-order valence-corrected chi connectivity index (χ0v) is 18.7. The highest BCUT2D eigenvalue weighted by molar-refractivity contribution is 7.89. The summed E-state index contributed by atoms with van der Waals surface area (Å²) in [6.07, 6.45) is 5.02. The number of sulfonamides is 1. The van der Waals surface area contributed by atoms with Gasteiger partial charge < -0.3 is 9.64 Å². The van der Waals surface area contributed by atoms with Gasteiger partial charge in [-0.2, -0.15) is 4.31 Å². The Bertz CT molecular complexity index is 1230. The molecule has 166 valence electrons. The van der Waals surface area contributed by atoms with Gasteiger partial charge in [0.15, 0.2) is 0 Å². The van der Waals surface area contributed by atoms with Gasteiger partial charge in [-0.05, 0) is 43.3 Å². The molecule has 0 saturated carbocycles. The Kier molecular flexibility index (Phi) is 6.53. The average Bonchev–Trinajstić information content (AvgIpc) is 2.83. The summed E-state index contributed by atoms with van der Waals surface area (Å²) in [6.45, 7) is 3.59. The quantitative estimate of drug-likeness (QED) is 0.538. The third kappa shape index (κ3) is 4.66. The minimum atomic E-state index is -3.61. The van der Waals surface area contributed by atoms with Crippen molar-refractivity contribution in [3.05, 3.63) is 72.4 Å². The lowest BCUT2D eigenvalue weighted by atomic mass is 10.1. The molecule has 2 aromatic carbocycles. The van der Waals surface area contributed by atoms with E-state index in [1.165, 1.54) is 10.4 Å². The molecular formula is C24H25N3O4S. The fourth-order valence-electron chi connectivity index (χ4n) is 3.70. The van der Waals surface area contributed by atoms with Gasteiger partial charge in [0.1, 0.15) is 5.75 Å². The van der Waals surface area contributed by atoms with E-state index in [9.17, 15) is 13.2 Å². The molecule has 8 heteroatoms. The van der Waals surface area contributed by atoms with Crippen LogP contribution in [-0.4, -0.2) is 61.3 Å². The summed E-state index contributed by atoms with van der Waals surface area (Å²) in [5.41, 5.74) is 1.71. The van der Waals surface area contributed by atoms with E-state index in [2.05, 4.69) is 4.98 Å². The Morgan fingerprint density at radius 2 is 1.75 bits per heavy atom. The van der Waals surface area contributed by atoms with Crippen LogP contribution in [0.1, 0.15) is 12.5 Å². The van der Waals surface area contributed by atoms with E-state index >= 15 is 0 Å². The lowest BCUT2D eigenvalue weighted by Crippen LogP contribution is -2.50. The van der Waals surface area contributed by atoms with Gasteiger partial charge in [-0.3, -0.25) is 9.78 Å². The lowest BCUT2D eigenvalue weighted by Gasteiger charge is -2.33. The molecule has 1 aromatic heterocycles. The van der Waals surface area contributed by atoms with E-state index in [4.69, 9.17) is 4.74 Å². The second kappa shape index (κ2) is 9.50. The zero-order valence-electron chi connectivity index (χ0n) is 17.8. The number of carbonyl (C=O) groups excluding carboxylic acids is 1. The molecule has 7 nitrogen and oxygen atoms in total. The average molecular weight is 452 g/mol. The van der Waals surface area contributed by atoms with E-state index in [0.29, 0.717) is 25.4 Å². The first-order valence-corrected chi connectivity index (χ1v) is 12.0. The van der Waals surface area contributed by atoms with Crippen LogP contribution in [0.3, 0.4) is 0 Å². The summed E-state index contributed by atoms with van der Waals surface area (Å²) < 4.78 is 32.7. The number of fused-ring (bicyclic) bond motifs is 1. The molecule has 1 aliphatic rings. The number of piperazine rings is 1. The number of para-hydroxylation sites is 1. The fourth-order valence-corrected chi connectivity index (χ4v) is 5.12. The normalized spacial score (nSPS) is 15.3. The molecule has 1 aliphatic heterocycles. The molecule has 0 aliphatic carbocycles. The Hall–Kier alpha value is -3.23. The van der Waals surface area contributed by atoms with Crippen LogP contribution in [0.2, 0.25) is 0 Å².